The number of aryl methyl sites for hydroxylation is 2. The SMILES string of the molecule is Cc1sc(C(=O)CCc2ccc(O)c(Cl)c2)c2c1[C@H]1[C@@H](C2)C1(C)C. The molecule has 0 unspecified atom stereocenters. The molecule has 1 aromatic carbocycles. The van der Waals surface area contributed by atoms with E-state index in [1.807, 2.05) is 6.07 Å². The van der Waals surface area contributed by atoms with Gasteiger partial charge in [-0.1, -0.05) is 31.5 Å². The van der Waals surface area contributed by atoms with Crippen molar-refractivity contribution in [3.05, 3.63) is 49.7 Å². The molecule has 126 valence electrons. The van der Waals surface area contributed by atoms with Gasteiger partial charge in [-0.2, -0.15) is 0 Å². The highest BCUT2D eigenvalue weighted by molar-refractivity contribution is 7.14. The molecule has 2 aromatic rings. The molecule has 1 N–H and O–H groups in total. The number of aromatic hydroxyl groups is 1. The number of carbonyl (C=O) groups is 1. The molecular weight excluding hydrogens is 340 g/mol. The van der Waals surface area contributed by atoms with Crippen LogP contribution in [0.5, 0.6) is 5.75 Å². The number of benzene rings is 1. The number of phenols is 1. The van der Waals surface area contributed by atoms with Gasteiger partial charge in [-0.15, -0.1) is 11.3 Å². The van der Waals surface area contributed by atoms with Crippen LogP contribution in [-0.4, -0.2) is 10.9 Å². The summed E-state index contributed by atoms with van der Waals surface area (Å²) in [5.74, 6) is 1.73. The van der Waals surface area contributed by atoms with E-state index >= 15 is 0 Å². The standard InChI is InChI=1S/C20H21ClO2S/c1-10-17-12(9-13-18(17)20(13,2)3)19(24-10)16(23)7-5-11-4-6-15(22)14(21)8-11/h4,6,8,13,18,22H,5,7,9H2,1-3H3/t13-,18-/m1/s1. The molecule has 2 nitrogen and oxygen atoms in total. The van der Waals surface area contributed by atoms with E-state index in [0.29, 0.717) is 29.2 Å². The third-order valence-electron chi connectivity index (χ3n) is 5.93. The number of hydrogen-bond acceptors (Lipinski definition) is 3. The first-order valence-corrected chi connectivity index (χ1v) is 9.63. The van der Waals surface area contributed by atoms with E-state index in [4.69, 9.17) is 11.6 Å². The minimum Gasteiger partial charge on any atom is -0.506 e. The van der Waals surface area contributed by atoms with Crippen molar-refractivity contribution in [1.82, 2.24) is 0 Å². The summed E-state index contributed by atoms with van der Waals surface area (Å²) >= 11 is 7.62. The molecule has 0 bridgehead atoms. The molecule has 0 saturated heterocycles. The molecule has 1 aromatic heterocycles. The van der Waals surface area contributed by atoms with Gasteiger partial charge in [0.05, 0.1) is 9.90 Å². The lowest BCUT2D eigenvalue weighted by Crippen LogP contribution is -2.05. The molecular formula is C20H21ClO2S. The quantitative estimate of drug-likeness (QED) is 0.728. The maximum absolute atomic E-state index is 12.8. The predicted molar refractivity (Wildman–Crippen MR) is 98.5 cm³/mol. The summed E-state index contributed by atoms with van der Waals surface area (Å²) in [5, 5.41) is 9.82. The van der Waals surface area contributed by atoms with E-state index in [0.717, 1.165) is 22.8 Å². The topological polar surface area (TPSA) is 37.3 Å². The maximum Gasteiger partial charge on any atom is 0.173 e. The van der Waals surface area contributed by atoms with Crippen LogP contribution in [0.1, 0.15) is 57.4 Å². The number of thiophene rings is 1. The number of fused-ring (bicyclic) bond motifs is 3. The van der Waals surface area contributed by atoms with Crippen LogP contribution in [-0.2, 0) is 12.8 Å². The Morgan fingerprint density at radius 3 is 2.88 bits per heavy atom. The Morgan fingerprint density at radius 1 is 1.42 bits per heavy atom. The van der Waals surface area contributed by atoms with Gasteiger partial charge in [0.2, 0.25) is 0 Å². The van der Waals surface area contributed by atoms with Gasteiger partial charge in [0.25, 0.3) is 0 Å². The predicted octanol–water partition coefficient (Wildman–Crippen LogP) is 5.53. The van der Waals surface area contributed by atoms with Crippen LogP contribution >= 0.6 is 22.9 Å². The van der Waals surface area contributed by atoms with Crippen molar-refractivity contribution in [2.24, 2.45) is 11.3 Å². The number of hydrogen-bond donors (Lipinski definition) is 1. The fourth-order valence-electron chi connectivity index (χ4n) is 4.43. The zero-order valence-corrected chi connectivity index (χ0v) is 15.7. The summed E-state index contributed by atoms with van der Waals surface area (Å²) in [6.45, 7) is 6.85. The van der Waals surface area contributed by atoms with E-state index in [9.17, 15) is 9.90 Å². The summed E-state index contributed by atoms with van der Waals surface area (Å²) in [5.41, 5.74) is 4.22. The van der Waals surface area contributed by atoms with Gasteiger partial charge in [0.1, 0.15) is 5.75 Å². The lowest BCUT2D eigenvalue weighted by atomic mass is 9.94. The van der Waals surface area contributed by atoms with Crippen LogP contribution in [0.2, 0.25) is 5.02 Å². The van der Waals surface area contributed by atoms with Crippen molar-refractivity contribution in [2.45, 2.75) is 46.0 Å². The fourth-order valence-corrected chi connectivity index (χ4v) is 5.84. The highest BCUT2D eigenvalue weighted by Crippen LogP contribution is 2.71. The van der Waals surface area contributed by atoms with E-state index in [-0.39, 0.29) is 11.5 Å². The Labute approximate surface area is 151 Å². The van der Waals surface area contributed by atoms with Crippen LogP contribution in [0.3, 0.4) is 0 Å². The number of rotatable bonds is 4. The van der Waals surface area contributed by atoms with Gasteiger partial charge in [-0.05, 0) is 65.8 Å². The van der Waals surface area contributed by atoms with Crippen molar-refractivity contribution in [3.63, 3.8) is 0 Å². The number of phenolic OH excluding ortho intramolecular Hbond substituents is 1. The lowest BCUT2D eigenvalue weighted by molar-refractivity contribution is 0.0986. The monoisotopic (exact) mass is 360 g/mol. The van der Waals surface area contributed by atoms with Crippen LogP contribution in [0.25, 0.3) is 0 Å². The van der Waals surface area contributed by atoms with Crippen LogP contribution < -0.4 is 0 Å². The smallest absolute Gasteiger partial charge is 0.173 e. The van der Waals surface area contributed by atoms with Crippen molar-refractivity contribution in [1.29, 1.82) is 0 Å². The molecule has 0 spiro atoms. The number of carbonyl (C=O) groups excluding carboxylic acids is 1. The van der Waals surface area contributed by atoms with Crippen LogP contribution in [0, 0.1) is 18.3 Å². The highest BCUT2D eigenvalue weighted by Gasteiger charge is 2.63. The summed E-state index contributed by atoms with van der Waals surface area (Å²) in [6, 6.07) is 5.16. The summed E-state index contributed by atoms with van der Waals surface area (Å²) in [4.78, 5) is 15.1. The second-order valence-electron chi connectivity index (χ2n) is 7.70. The zero-order chi connectivity index (χ0) is 17.2. The van der Waals surface area contributed by atoms with Gasteiger partial charge in [-0.25, -0.2) is 0 Å². The zero-order valence-electron chi connectivity index (χ0n) is 14.1. The minimum absolute atomic E-state index is 0.0836. The van der Waals surface area contributed by atoms with Crippen molar-refractivity contribution < 1.29 is 9.90 Å². The first kappa shape index (κ1) is 16.2. The number of halogens is 1. The molecule has 2 aliphatic carbocycles. The fraction of sp³-hybridized carbons (Fsp3) is 0.450. The van der Waals surface area contributed by atoms with Crippen LogP contribution in [0.4, 0.5) is 0 Å². The van der Waals surface area contributed by atoms with E-state index < -0.39 is 0 Å². The third-order valence-corrected chi connectivity index (χ3v) is 7.43. The summed E-state index contributed by atoms with van der Waals surface area (Å²) < 4.78 is 0. The van der Waals surface area contributed by atoms with E-state index in [1.54, 1.807) is 23.5 Å². The lowest BCUT2D eigenvalue weighted by Gasteiger charge is -2.10. The molecule has 1 fully saturated rings. The van der Waals surface area contributed by atoms with Crippen LogP contribution in [0.15, 0.2) is 18.2 Å². The first-order valence-electron chi connectivity index (χ1n) is 8.43. The Balaban J connectivity index is 1.51. The molecule has 4 rings (SSSR count). The molecule has 2 aliphatic rings. The van der Waals surface area contributed by atoms with Gasteiger partial charge >= 0.3 is 0 Å². The van der Waals surface area contributed by atoms with E-state index in [1.165, 1.54) is 16.0 Å². The Bertz CT molecular complexity index is 850. The van der Waals surface area contributed by atoms with Crippen molar-refractivity contribution in [3.8, 4) is 5.75 Å². The Morgan fingerprint density at radius 2 is 2.17 bits per heavy atom. The van der Waals surface area contributed by atoms with Gasteiger partial charge in [-0.3, -0.25) is 4.79 Å². The number of Topliss-reactive ketones (excluding diaryl/α,β-unsaturated/α-hetero) is 1. The molecule has 1 heterocycles. The Hall–Kier alpha value is -1.32. The largest absolute Gasteiger partial charge is 0.506 e. The molecule has 0 radical (unpaired) electrons. The minimum atomic E-state index is 0.0836. The molecule has 24 heavy (non-hydrogen) atoms. The Kier molecular flexibility index (Phi) is 3.59. The van der Waals surface area contributed by atoms with Crippen molar-refractivity contribution in [2.75, 3.05) is 0 Å². The first-order chi connectivity index (χ1) is 11.3. The third kappa shape index (κ3) is 2.33. The second kappa shape index (κ2) is 5.34. The van der Waals surface area contributed by atoms with Gasteiger partial charge in [0.15, 0.2) is 5.78 Å². The molecule has 4 heteroatoms. The normalized spacial score (nSPS) is 23.0. The van der Waals surface area contributed by atoms with Gasteiger partial charge in [0, 0.05) is 11.3 Å². The second-order valence-corrected chi connectivity index (χ2v) is 9.33. The molecule has 0 aliphatic heterocycles. The molecule has 2 atom stereocenters. The summed E-state index contributed by atoms with van der Waals surface area (Å²) in [7, 11) is 0. The molecule has 0 amide bonds. The average Bonchev–Trinajstić information content (AvgIpc) is 2.88. The maximum atomic E-state index is 12.8. The molecule has 1 saturated carbocycles. The summed E-state index contributed by atoms with van der Waals surface area (Å²) in [6.07, 6.45) is 2.22. The number of ketones is 1. The highest BCUT2D eigenvalue weighted by atomic mass is 35.5. The van der Waals surface area contributed by atoms with Gasteiger partial charge < -0.3 is 5.11 Å². The van der Waals surface area contributed by atoms with Crippen molar-refractivity contribution >= 4 is 28.7 Å². The van der Waals surface area contributed by atoms with E-state index in [2.05, 4.69) is 20.8 Å². The average molecular weight is 361 g/mol.